The number of hydrogen-bond acceptors (Lipinski definition) is 4. The molecule has 1 unspecified atom stereocenters. The molecule has 2 rings (SSSR count). The van der Waals surface area contributed by atoms with E-state index in [0.29, 0.717) is 22.1 Å². The summed E-state index contributed by atoms with van der Waals surface area (Å²) < 4.78 is 20.6. The second-order valence-electron chi connectivity index (χ2n) is 4.56. The van der Waals surface area contributed by atoms with Crippen LogP contribution in [0.15, 0.2) is 27.6 Å². The van der Waals surface area contributed by atoms with Crippen molar-refractivity contribution in [2.45, 2.75) is 31.0 Å². The fourth-order valence-electron chi connectivity index (χ4n) is 2.05. The van der Waals surface area contributed by atoms with Gasteiger partial charge in [-0.1, -0.05) is 0 Å². The van der Waals surface area contributed by atoms with Crippen molar-refractivity contribution in [3.8, 4) is 5.75 Å². The largest absolute Gasteiger partial charge is 0.497 e. The van der Waals surface area contributed by atoms with Crippen LogP contribution < -0.4 is 10.5 Å². The van der Waals surface area contributed by atoms with E-state index in [0.717, 1.165) is 22.4 Å². The van der Waals surface area contributed by atoms with Crippen LogP contribution in [0.3, 0.4) is 0 Å². The molecule has 0 saturated carbocycles. The Kier molecular flexibility index (Phi) is 5.05. The van der Waals surface area contributed by atoms with Crippen LogP contribution in [0.2, 0.25) is 0 Å². The quantitative estimate of drug-likeness (QED) is 0.820. The first-order valence-electron chi connectivity index (χ1n) is 6.51. The molecule has 0 saturated heterocycles. The summed E-state index contributed by atoms with van der Waals surface area (Å²) in [4.78, 5) is 0.586. The summed E-state index contributed by atoms with van der Waals surface area (Å²) >= 11 is 3.52. The maximum Gasteiger partial charge on any atom is 0.120 e. The zero-order chi connectivity index (χ0) is 15.6. The van der Waals surface area contributed by atoms with Crippen LogP contribution in [0.4, 0.5) is 5.69 Å². The molecule has 0 fully saturated rings. The topological polar surface area (TPSA) is 70.1 Å². The number of aromatic nitrogens is 2. The molecule has 0 radical (unpaired) electrons. The Bertz CT molecular complexity index is 685. The smallest absolute Gasteiger partial charge is 0.120 e. The van der Waals surface area contributed by atoms with Gasteiger partial charge in [-0.05, 0) is 48.0 Å². The van der Waals surface area contributed by atoms with Crippen molar-refractivity contribution in [2.75, 3.05) is 12.8 Å². The Labute approximate surface area is 135 Å². The molecule has 0 bridgehead atoms. The first-order valence-corrected chi connectivity index (χ1v) is 8.62. The molecule has 1 aromatic carbocycles. The lowest BCUT2D eigenvalue weighted by atomic mass is 10.3. The molecule has 1 heterocycles. The Balaban J connectivity index is 2.34. The maximum absolute atomic E-state index is 12.6. The van der Waals surface area contributed by atoms with E-state index >= 15 is 0 Å². The van der Waals surface area contributed by atoms with Crippen molar-refractivity contribution in [3.05, 3.63) is 34.1 Å². The molecule has 5 nitrogen and oxygen atoms in total. The van der Waals surface area contributed by atoms with Crippen LogP contribution >= 0.6 is 15.9 Å². The van der Waals surface area contributed by atoms with Gasteiger partial charge in [0.2, 0.25) is 0 Å². The van der Waals surface area contributed by atoms with Gasteiger partial charge < -0.3 is 10.5 Å². The van der Waals surface area contributed by atoms with E-state index in [1.165, 1.54) is 0 Å². The number of benzene rings is 1. The fraction of sp³-hybridized carbons (Fsp3) is 0.357. The number of rotatable bonds is 5. The van der Waals surface area contributed by atoms with Gasteiger partial charge in [0, 0.05) is 12.2 Å². The minimum Gasteiger partial charge on any atom is -0.497 e. The summed E-state index contributed by atoms with van der Waals surface area (Å²) in [6, 6.07) is 5.19. The Hall–Kier alpha value is -1.34. The average Bonchev–Trinajstić information content (AvgIpc) is 2.75. The lowest BCUT2D eigenvalue weighted by molar-refractivity contribution is 0.413. The number of hydrogen-bond donors (Lipinski definition) is 1. The predicted octanol–water partition coefficient (Wildman–Crippen LogP) is 2.87. The maximum atomic E-state index is 12.6. The van der Waals surface area contributed by atoms with Crippen molar-refractivity contribution >= 4 is 32.4 Å². The van der Waals surface area contributed by atoms with Gasteiger partial charge in [0.15, 0.2) is 0 Å². The molecule has 0 spiro atoms. The van der Waals surface area contributed by atoms with Crippen LogP contribution in [-0.4, -0.2) is 21.1 Å². The van der Waals surface area contributed by atoms with Gasteiger partial charge in [0.1, 0.15) is 5.75 Å². The van der Waals surface area contributed by atoms with Crippen LogP contribution in [0.1, 0.15) is 18.3 Å². The molecular formula is C14H18BrN3O2S. The molecule has 0 aliphatic carbocycles. The van der Waals surface area contributed by atoms with Gasteiger partial charge in [-0.3, -0.25) is 8.89 Å². The van der Waals surface area contributed by atoms with Crippen LogP contribution in [0.5, 0.6) is 5.75 Å². The molecule has 21 heavy (non-hydrogen) atoms. The Morgan fingerprint density at radius 2 is 2.19 bits per heavy atom. The number of aryl methyl sites for hydroxylation is 2. The summed E-state index contributed by atoms with van der Waals surface area (Å²) in [6.45, 7) is 4.65. The number of nitrogens with zero attached hydrogens (tertiary/aromatic N) is 2. The van der Waals surface area contributed by atoms with Crippen LogP contribution in [0, 0.1) is 6.92 Å². The second-order valence-corrected chi connectivity index (χ2v) is 6.77. The number of methoxy groups -OCH3 is 1. The third kappa shape index (κ3) is 3.29. The summed E-state index contributed by atoms with van der Waals surface area (Å²) in [7, 11) is 0.311. The molecule has 7 heteroatoms. The second kappa shape index (κ2) is 6.62. The third-order valence-electron chi connectivity index (χ3n) is 3.19. The normalized spacial score (nSPS) is 12.4. The fourth-order valence-corrected chi connectivity index (χ4v) is 3.93. The highest BCUT2D eigenvalue weighted by Gasteiger charge is 2.17. The van der Waals surface area contributed by atoms with Crippen molar-refractivity contribution < 1.29 is 8.95 Å². The monoisotopic (exact) mass is 371 g/mol. The highest BCUT2D eigenvalue weighted by molar-refractivity contribution is 9.10. The first-order chi connectivity index (χ1) is 9.97. The van der Waals surface area contributed by atoms with Gasteiger partial charge in [0.25, 0.3) is 0 Å². The molecule has 2 N–H and O–H groups in total. The minimum absolute atomic E-state index is 0.354. The number of halogens is 1. The van der Waals surface area contributed by atoms with E-state index < -0.39 is 10.8 Å². The van der Waals surface area contributed by atoms with Gasteiger partial charge in [-0.2, -0.15) is 5.10 Å². The lowest BCUT2D eigenvalue weighted by Gasteiger charge is -2.09. The number of anilines is 1. The van der Waals surface area contributed by atoms with Gasteiger partial charge in [0.05, 0.1) is 44.4 Å². The summed E-state index contributed by atoms with van der Waals surface area (Å²) in [6.07, 6.45) is 0. The average molecular weight is 372 g/mol. The van der Waals surface area contributed by atoms with Crippen molar-refractivity contribution in [1.29, 1.82) is 0 Å². The molecule has 2 aromatic rings. The molecular weight excluding hydrogens is 354 g/mol. The first kappa shape index (κ1) is 16.0. The summed E-state index contributed by atoms with van der Waals surface area (Å²) in [5, 5.41) is 4.41. The van der Waals surface area contributed by atoms with Crippen molar-refractivity contribution in [3.63, 3.8) is 0 Å². The number of ether oxygens (including phenoxy) is 1. The van der Waals surface area contributed by atoms with Crippen LogP contribution in [-0.2, 0) is 23.1 Å². The zero-order valence-electron chi connectivity index (χ0n) is 12.2. The molecule has 0 aliphatic heterocycles. The standard InChI is InChI=1S/C14H18BrN3O2S/c1-4-18-12(14(15)9(2)17-18)8-21(19)13-7-10(20-3)5-6-11(13)16/h5-7H,4,8,16H2,1-3H3. The molecule has 1 aromatic heterocycles. The SMILES string of the molecule is CCn1nc(C)c(Br)c1CS(=O)c1cc(OC)ccc1N. The van der Waals surface area contributed by atoms with E-state index in [9.17, 15) is 4.21 Å². The van der Waals surface area contributed by atoms with Gasteiger partial charge in [-0.15, -0.1) is 0 Å². The van der Waals surface area contributed by atoms with Gasteiger partial charge in [-0.25, -0.2) is 0 Å². The van der Waals surface area contributed by atoms with E-state index in [1.54, 1.807) is 25.3 Å². The lowest BCUT2D eigenvalue weighted by Crippen LogP contribution is -2.08. The molecule has 0 amide bonds. The van der Waals surface area contributed by atoms with Crippen molar-refractivity contribution in [2.24, 2.45) is 0 Å². The van der Waals surface area contributed by atoms with Gasteiger partial charge >= 0.3 is 0 Å². The van der Waals surface area contributed by atoms with Crippen LogP contribution in [0.25, 0.3) is 0 Å². The highest BCUT2D eigenvalue weighted by Crippen LogP contribution is 2.28. The Morgan fingerprint density at radius 3 is 2.81 bits per heavy atom. The molecule has 1 atom stereocenters. The van der Waals surface area contributed by atoms with E-state index in [-0.39, 0.29) is 0 Å². The summed E-state index contributed by atoms with van der Waals surface area (Å²) in [5.41, 5.74) is 8.24. The molecule has 0 aliphatic rings. The highest BCUT2D eigenvalue weighted by atomic mass is 79.9. The van der Waals surface area contributed by atoms with E-state index in [2.05, 4.69) is 21.0 Å². The number of nitrogen functional groups attached to an aromatic ring is 1. The van der Waals surface area contributed by atoms with E-state index in [4.69, 9.17) is 10.5 Å². The predicted molar refractivity (Wildman–Crippen MR) is 87.9 cm³/mol. The van der Waals surface area contributed by atoms with Crippen molar-refractivity contribution in [1.82, 2.24) is 9.78 Å². The van der Waals surface area contributed by atoms with E-state index in [1.807, 2.05) is 18.5 Å². The summed E-state index contributed by atoms with van der Waals surface area (Å²) in [5.74, 6) is 0.999. The third-order valence-corrected chi connectivity index (χ3v) is 5.60. The number of nitrogens with two attached hydrogens (primary N) is 1. The Morgan fingerprint density at radius 1 is 1.48 bits per heavy atom. The zero-order valence-corrected chi connectivity index (χ0v) is 14.6. The molecule has 114 valence electrons. The minimum atomic E-state index is -1.26.